The Balaban J connectivity index is 2.25. The van der Waals surface area contributed by atoms with Gasteiger partial charge in [0.1, 0.15) is 10.4 Å². The van der Waals surface area contributed by atoms with Gasteiger partial charge in [-0.25, -0.2) is 14.3 Å². The van der Waals surface area contributed by atoms with Gasteiger partial charge in [0.05, 0.1) is 0 Å². The van der Waals surface area contributed by atoms with Crippen LogP contribution in [0, 0.1) is 0 Å². The molecule has 2 heterocycles. The summed E-state index contributed by atoms with van der Waals surface area (Å²) in [6.45, 7) is 1.63. The molecule has 0 atom stereocenters. The summed E-state index contributed by atoms with van der Waals surface area (Å²) in [6, 6.07) is 3.50. The zero-order chi connectivity index (χ0) is 14.0. The Bertz CT molecular complexity index is 610. The minimum absolute atomic E-state index is 0.0436. The average Bonchev–Trinajstić information content (AvgIpc) is 2.67. The second-order valence-corrected chi connectivity index (χ2v) is 5.03. The van der Waals surface area contributed by atoms with Crippen LogP contribution in [-0.2, 0) is 0 Å². The first-order valence-corrected chi connectivity index (χ1v) is 6.45. The lowest BCUT2D eigenvalue weighted by Gasteiger charge is -2.10. The fourth-order valence-electron chi connectivity index (χ4n) is 1.54. The molecule has 0 aliphatic rings. The molecule has 0 saturated carbocycles. The van der Waals surface area contributed by atoms with Crippen molar-refractivity contribution in [3.05, 3.63) is 22.4 Å². The molecule has 2 N–H and O–H groups in total. The van der Waals surface area contributed by atoms with E-state index in [1.54, 1.807) is 12.1 Å². The Labute approximate surface area is 118 Å². The Kier molecular flexibility index (Phi) is 4.01. The van der Waals surface area contributed by atoms with Crippen molar-refractivity contribution < 1.29 is 9.90 Å². The monoisotopic (exact) mass is 327 g/mol. The first kappa shape index (κ1) is 13.8. The van der Waals surface area contributed by atoms with E-state index in [4.69, 9.17) is 5.11 Å². The van der Waals surface area contributed by atoms with Gasteiger partial charge >= 0.3 is 5.97 Å². The van der Waals surface area contributed by atoms with E-state index in [1.165, 1.54) is 4.52 Å². The molecule has 2 aromatic rings. The molecule has 2 rings (SSSR count). The molecule has 0 spiro atoms. The van der Waals surface area contributed by atoms with Gasteiger partial charge < -0.3 is 15.3 Å². The van der Waals surface area contributed by atoms with Crippen molar-refractivity contribution in [3.63, 3.8) is 0 Å². The zero-order valence-corrected chi connectivity index (χ0v) is 12.2. The molecule has 0 radical (unpaired) electrons. The van der Waals surface area contributed by atoms with E-state index in [0.717, 1.165) is 13.1 Å². The van der Waals surface area contributed by atoms with Gasteiger partial charge in [0.25, 0.3) is 0 Å². The summed E-state index contributed by atoms with van der Waals surface area (Å²) in [4.78, 5) is 17.0. The van der Waals surface area contributed by atoms with Gasteiger partial charge in [-0.1, -0.05) is 0 Å². The number of aromatic carboxylic acids is 1. The Morgan fingerprint density at radius 2 is 2.26 bits per heavy atom. The molecule has 0 bridgehead atoms. The number of nitrogens with zero attached hydrogens (tertiary/aromatic N) is 4. The van der Waals surface area contributed by atoms with Crippen LogP contribution in [0.2, 0.25) is 0 Å². The average molecular weight is 328 g/mol. The van der Waals surface area contributed by atoms with Crippen LogP contribution in [0.25, 0.3) is 5.65 Å². The highest BCUT2D eigenvalue weighted by Crippen LogP contribution is 2.19. The maximum atomic E-state index is 11.0. The third kappa shape index (κ3) is 3.02. The molecule has 0 saturated heterocycles. The van der Waals surface area contributed by atoms with Crippen LogP contribution in [0.15, 0.2) is 16.7 Å². The number of hydrogen-bond donors (Lipinski definition) is 2. The fourth-order valence-corrected chi connectivity index (χ4v) is 2.06. The SMILES string of the molecule is CN(C)CCNc1ccc2nc(C(=O)O)c(Br)n2n1. The number of rotatable bonds is 5. The van der Waals surface area contributed by atoms with Gasteiger partial charge in [0.15, 0.2) is 11.3 Å². The molecule has 0 aliphatic carbocycles. The lowest BCUT2D eigenvalue weighted by Crippen LogP contribution is -2.21. The highest BCUT2D eigenvalue weighted by molar-refractivity contribution is 9.10. The highest BCUT2D eigenvalue weighted by Gasteiger charge is 2.16. The van der Waals surface area contributed by atoms with E-state index in [-0.39, 0.29) is 5.69 Å². The van der Waals surface area contributed by atoms with Crippen LogP contribution in [0.1, 0.15) is 10.5 Å². The molecule has 0 fully saturated rings. The van der Waals surface area contributed by atoms with Gasteiger partial charge in [-0.2, -0.15) is 0 Å². The highest BCUT2D eigenvalue weighted by atomic mass is 79.9. The third-order valence-corrected chi connectivity index (χ3v) is 3.20. The predicted molar refractivity (Wildman–Crippen MR) is 74.7 cm³/mol. The molecule has 0 aromatic carbocycles. The number of halogens is 1. The second kappa shape index (κ2) is 5.54. The summed E-state index contributed by atoms with van der Waals surface area (Å²) in [7, 11) is 3.98. The molecule has 2 aromatic heterocycles. The minimum atomic E-state index is -1.08. The number of aromatic nitrogens is 3. The molecule has 0 aliphatic heterocycles. The summed E-state index contributed by atoms with van der Waals surface area (Å²) in [5, 5.41) is 16.4. The molecular formula is C11H14BrN5O2. The standard InChI is InChI=1S/C11H14BrN5O2/c1-16(2)6-5-13-7-3-4-8-14-9(11(18)19)10(12)17(8)15-7/h3-4H,5-6H2,1-2H3,(H,13,15)(H,18,19). The maximum absolute atomic E-state index is 11.0. The van der Waals surface area contributed by atoms with Crippen LogP contribution >= 0.6 is 15.9 Å². The van der Waals surface area contributed by atoms with Gasteiger partial charge in [0, 0.05) is 13.1 Å². The first-order chi connectivity index (χ1) is 8.99. The van der Waals surface area contributed by atoms with E-state index in [2.05, 4.69) is 36.2 Å². The Morgan fingerprint density at radius 1 is 1.53 bits per heavy atom. The first-order valence-electron chi connectivity index (χ1n) is 5.66. The largest absolute Gasteiger partial charge is 0.476 e. The molecule has 102 valence electrons. The second-order valence-electron chi connectivity index (χ2n) is 4.28. The smallest absolute Gasteiger partial charge is 0.357 e. The van der Waals surface area contributed by atoms with Crippen molar-refractivity contribution in [2.75, 3.05) is 32.5 Å². The maximum Gasteiger partial charge on any atom is 0.357 e. The minimum Gasteiger partial charge on any atom is -0.476 e. The van der Waals surface area contributed by atoms with Gasteiger partial charge in [-0.15, -0.1) is 5.10 Å². The summed E-state index contributed by atoms with van der Waals surface area (Å²) < 4.78 is 1.80. The topological polar surface area (TPSA) is 82.8 Å². The molecule has 8 heteroatoms. The van der Waals surface area contributed by atoms with Crippen molar-refractivity contribution in [2.24, 2.45) is 0 Å². The number of fused-ring (bicyclic) bond motifs is 1. The summed E-state index contributed by atoms with van der Waals surface area (Å²) in [5.74, 6) is -0.413. The van der Waals surface area contributed by atoms with Crippen LogP contribution in [-0.4, -0.2) is 57.8 Å². The van der Waals surface area contributed by atoms with E-state index >= 15 is 0 Å². The number of anilines is 1. The number of carbonyl (C=O) groups is 1. The summed E-state index contributed by atoms with van der Waals surface area (Å²) >= 11 is 3.20. The Hall–Kier alpha value is -1.67. The van der Waals surface area contributed by atoms with E-state index in [9.17, 15) is 4.79 Å². The molecule has 0 amide bonds. The van der Waals surface area contributed by atoms with Crippen LogP contribution < -0.4 is 5.32 Å². The fraction of sp³-hybridized carbons (Fsp3) is 0.364. The number of hydrogen-bond acceptors (Lipinski definition) is 5. The number of likely N-dealkylation sites (N-methyl/N-ethyl adjacent to an activating group) is 1. The molecule has 7 nitrogen and oxygen atoms in total. The van der Waals surface area contributed by atoms with Crippen molar-refractivity contribution in [1.82, 2.24) is 19.5 Å². The predicted octanol–water partition coefficient (Wildman–Crippen LogP) is 1.16. The third-order valence-electron chi connectivity index (χ3n) is 2.49. The summed E-state index contributed by atoms with van der Waals surface area (Å²) in [5.41, 5.74) is 0.445. The number of nitrogens with one attached hydrogen (secondary N) is 1. The van der Waals surface area contributed by atoms with Gasteiger partial charge in [-0.3, -0.25) is 0 Å². The normalized spacial score (nSPS) is 11.2. The van der Waals surface area contributed by atoms with Crippen molar-refractivity contribution in [2.45, 2.75) is 0 Å². The van der Waals surface area contributed by atoms with Gasteiger partial charge in [-0.05, 0) is 42.2 Å². The van der Waals surface area contributed by atoms with E-state index in [1.807, 2.05) is 14.1 Å². The van der Waals surface area contributed by atoms with Crippen LogP contribution in [0.5, 0.6) is 0 Å². The van der Waals surface area contributed by atoms with Crippen LogP contribution in [0.4, 0.5) is 5.82 Å². The van der Waals surface area contributed by atoms with E-state index < -0.39 is 5.97 Å². The number of imidazole rings is 1. The van der Waals surface area contributed by atoms with Crippen molar-refractivity contribution >= 4 is 33.4 Å². The Morgan fingerprint density at radius 3 is 2.89 bits per heavy atom. The molecular weight excluding hydrogens is 314 g/mol. The molecule has 19 heavy (non-hydrogen) atoms. The lowest BCUT2D eigenvalue weighted by atomic mass is 10.5. The van der Waals surface area contributed by atoms with Crippen molar-refractivity contribution in [3.8, 4) is 0 Å². The van der Waals surface area contributed by atoms with Gasteiger partial charge in [0.2, 0.25) is 0 Å². The van der Waals surface area contributed by atoms with E-state index in [0.29, 0.717) is 16.1 Å². The quantitative estimate of drug-likeness (QED) is 0.857. The number of carboxylic acid groups (broad SMARTS) is 1. The summed E-state index contributed by atoms with van der Waals surface area (Å²) in [6.07, 6.45) is 0. The zero-order valence-electron chi connectivity index (χ0n) is 10.6. The number of carboxylic acids is 1. The van der Waals surface area contributed by atoms with Crippen molar-refractivity contribution in [1.29, 1.82) is 0 Å². The van der Waals surface area contributed by atoms with Crippen LogP contribution in [0.3, 0.4) is 0 Å². The molecule has 0 unspecified atom stereocenters. The lowest BCUT2D eigenvalue weighted by molar-refractivity contribution is 0.0690.